The first-order valence-electron chi connectivity index (χ1n) is 13.1. The van der Waals surface area contributed by atoms with Crippen LogP contribution in [0.2, 0.25) is 0 Å². The van der Waals surface area contributed by atoms with Crippen molar-refractivity contribution in [3.63, 3.8) is 0 Å². The lowest BCUT2D eigenvalue weighted by Gasteiger charge is -2.40. The van der Waals surface area contributed by atoms with Gasteiger partial charge in [-0.2, -0.15) is 0 Å². The van der Waals surface area contributed by atoms with Crippen LogP contribution in [0.3, 0.4) is 0 Å². The summed E-state index contributed by atoms with van der Waals surface area (Å²) in [7, 11) is 0. The summed E-state index contributed by atoms with van der Waals surface area (Å²) in [5.41, 5.74) is 1.06. The normalized spacial score (nSPS) is 24.7. The van der Waals surface area contributed by atoms with Gasteiger partial charge in [-0.25, -0.2) is 9.18 Å². The zero-order valence-electron chi connectivity index (χ0n) is 20.1. The Hall–Kier alpha value is -2.35. The minimum absolute atomic E-state index is 0.0176. The lowest BCUT2D eigenvalue weighted by Crippen LogP contribution is -3.15. The Morgan fingerprint density at radius 2 is 1.71 bits per heavy atom. The molecule has 1 aromatic carbocycles. The highest BCUT2D eigenvalue weighted by molar-refractivity contribution is 5.74. The molecule has 2 N–H and O–H groups in total. The van der Waals surface area contributed by atoms with Crippen molar-refractivity contribution in [3.05, 3.63) is 30.1 Å². The Labute approximate surface area is 202 Å². The maximum Gasteiger partial charge on any atom is 0.317 e. The van der Waals surface area contributed by atoms with Gasteiger partial charge < -0.3 is 29.9 Å². The van der Waals surface area contributed by atoms with E-state index in [0.29, 0.717) is 13.1 Å². The number of nitrogens with zero attached hydrogens (tertiary/aromatic N) is 2. The van der Waals surface area contributed by atoms with Gasteiger partial charge in [-0.1, -0.05) is 19.3 Å². The van der Waals surface area contributed by atoms with E-state index in [1.165, 1.54) is 36.3 Å². The number of amides is 2. The van der Waals surface area contributed by atoms with Gasteiger partial charge >= 0.3 is 6.03 Å². The molecule has 3 fully saturated rings. The van der Waals surface area contributed by atoms with Crippen molar-refractivity contribution in [2.45, 2.75) is 57.4 Å². The number of hydrogen-bond acceptors (Lipinski definition) is 4. The van der Waals surface area contributed by atoms with Gasteiger partial charge in [0, 0.05) is 37.2 Å². The predicted molar refractivity (Wildman–Crippen MR) is 127 cm³/mol. The third kappa shape index (κ3) is 6.84. The molecule has 4 rings (SSSR count). The molecule has 1 aliphatic carbocycles. The van der Waals surface area contributed by atoms with E-state index in [0.717, 1.165) is 64.1 Å². The van der Waals surface area contributed by atoms with Crippen molar-refractivity contribution < 1.29 is 24.0 Å². The van der Waals surface area contributed by atoms with E-state index in [9.17, 15) is 19.1 Å². The number of nitrogens with one attached hydrogen (secondary N) is 2. The van der Waals surface area contributed by atoms with E-state index >= 15 is 0 Å². The molecule has 0 spiro atoms. The molecule has 0 bridgehead atoms. The van der Waals surface area contributed by atoms with Gasteiger partial charge in [0.2, 0.25) is 0 Å². The predicted octanol–water partition coefficient (Wildman–Crippen LogP) is 1.04. The van der Waals surface area contributed by atoms with Crippen LogP contribution in [-0.2, 0) is 4.79 Å². The van der Waals surface area contributed by atoms with Gasteiger partial charge in [-0.15, -0.1) is 0 Å². The van der Waals surface area contributed by atoms with E-state index < -0.39 is 5.97 Å². The maximum absolute atomic E-state index is 13.2. The number of piperazine rings is 1. The van der Waals surface area contributed by atoms with Gasteiger partial charge in [-0.3, -0.25) is 0 Å². The van der Waals surface area contributed by atoms with Crippen LogP contribution in [0.5, 0.6) is 0 Å². The molecule has 2 heterocycles. The molecular weight excluding hydrogens is 435 g/mol. The van der Waals surface area contributed by atoms with Crippen molar-refractivity contribution >= 4 is 17.7 Å². The van der Waals surface area contributed by atoms with Crippen LogP contribution in [-0.4, -0.2) is 68.8 Å². The molecule has 2 saturated heterocycles. The summed E-state index contributed by atoms with van der Waals surface area (Å²) in [5, 5.41) is 14.6. The Kier molecular flexibility index (Phi) is 8.64. The number of benzene rings is 1. The lowest BCUT2D eigenvalue weighted by atomic mass is 9.81. The van der Waals surface area contributed by atoms with Gasteiger partial charge in [0.05, 0.1) is 32.7 Å². The second kappa shape index (κ2) is 11.9. The summed E-state index contributed by atoms with van der Waals surface area (Å²) < 4.78 is 13.2. The van der Waals surface area contributed by atoms with Crippen LogP contribution in [0, 0.1) is 17.7 Å². The molecule has 7 nitrogen and oxygen atoms in total. The number of piperidine rings is 1. The SMILES string of the molecule is O=C([O-])C[C@@H]1CCN(C(=O)NC2CCCCC2)C[C@@H]1CC[NH+]1CCN(c2ccc(F)cc2)CC1. The molecule has 3 aliphatic rings. The number of rotatable bonds is 7. The number of carbonyl (C=O) groups excluding carboxylic acids is 2. The lowest BCUT2D eigenvalue weighted by molar-refractivity contribution is -0.901. The van der Waals surface area contributed by atoms with Crippen LogP contribution >= 0.6 is 0 Å². The molecule has 2 amide bonds. The van der Waals surface area contributed by atoms with Crippen LogP contribution in [0.25, 0.3) is 0 Å². The van der Waals surface area contributed by atoms with Gasteiger partial charge in [0.25, 0.3) is 0 Å². The Balaban J connectivity index is 1.27. The number of carbonyl (C=O) groups is 2. The second-order valence-corrected chi connectivity index (χ2v) is 10.4. The molecular formula is C26H39FN4O3. The van der Waals surface area contributed by atoms with Gasteiger partial charge in [-0.05, 0) is 61.8 Å². The smallest absolute Gasteiger partial charge is 0.317 e. The van der Waals surface area contributed by atoms with Crippen molar-refractivity contribution in [1.29, 1.82) is 0 Å². The number of likely N-dealkylation sites (tertiary alicyclic amines) is 1. The van der Waals surface area contributed by atoms with Crippen molar-refractivity contribution in [1.82, 2.24) is 10.2 Å². The fourth-order valence-electron chi connectivity index (χ4n) is 5.96. The zero-order chi connectivity index (χ0) is 23.9. The zero-order valence-corrected chi connectivity index (χ0v) is 20.1. The number of carboxylic acids is 1. The topological polar surface area (TPSA) is 80.1 Å². The molecule has 0 radical (unpaired) electrons. The fraction of sp³-hybridized carbons (Fsp3) is 0.692. The number of halogens is 1. The van der Waals surface area contributed by atoms with Crippen LogP contribution in [0.15, 0.2) is 24.3 Å². The largest absolute Gasteiger partial charge is 0.550 e. The average Bonchev–Trinajstić information content (AvgIpc) is 2.84. The van der Waals surface area contributed by atoms with Crippen LogP contribution in [0.1, 0.15) is 51.4 Å². The molecule has 2 atom stereocenters. The number of hydrogen-bond donors (Lipinski definition) is 2. The third-order valence-corrected chi connectivity index (χ3v) is 8.07. The molecule has 8 heteroatoms. The molecule has 2 aliphatic heterocycles. The summed E-state index contributed by atoms with van der Waals surface area (Å²) in [6, 6.07) is 6.97. The summed E-state index contributed by atoms with van der Waals surface area (Å²) in [5.74, 6) is -0.946. The van der Waals surface area contributed by atoms with Crippen molar-refractivity contribution in [2.24, 2.45) is 11.8 Å². The van der Waals surface area contributed by atoms with E-state index in [4.69, 9.17) is 0 Å². The standard InChI is InChI=1S/C26H39FN4O3/c27-22-6-8-24(9-7-22)30-16-14-29(15-17-30)12-10-21-19-31(13-11-20(21)18-25(32)33)26(34)28-23-4-2-1-3-5-23/h6-9,20-21,23H,1-5,10-19H2,(H,28,34)(H,32,33)/t20-,21-/m0/s1. The molecule has 1 saturated carbocycles. The third-order valence-electron chi connectivity index (χ3n) is 8.07. The first kappa shape index (κ1) is 24.8. The summed E-state index contributed by atoms with van der Waals surface area (Å²) in [6.07, 6.45) is 7.45. The van der Waals surface area contributed by atoms with E-state index in [2.05, 4.69) is 10.2 Å². The van der Waals surface area contributed by atoms with Crippen molar-refractivity contribution in [3.8, 4) is 0 Å². The fourth-order valence-corrected chi connectivity index (χ4v) is 5.96. The Morgan fingerprint density at radius 1 is 1.00 bits per heavy atom. The minimum atomic E-state index is -0.990. The van der Waals surface area contributed by atoms with Gasteiger partial charge in [0.15, 0.2) is 0 Å². The van der Waals surface area contributed by atoms with E-state index in [1.807, 2.05) is 17.0 Å². The molecule has 1 aromatic rings. The Bertz CT molecular complexity index is 807. The molecule has 34 heavy (non-hydrogen) atoms. The molecule has 0 aromatic heterocycles. The monoisotopic (exact) mass is 474 g/mol. The van der Waals surface area contributed by atoms with Crippen LogP contribution in [0.4, 0.5) is 14.9 Å². The highest BCUT2D eigenvalue weighted by Crippen LogP contribution is 2.29. The highest BCUT2D eigenvalue weighted by atomic mass is 19.1. The highest BCUT2D eigenvalue weighted by Gasteiger charge is 2.33. The van der Waals surface area contributed by atoms with Crippen LogP contribution < -0.4 is 20.2 Å². The van der Waals surface area contributed by atoms with Gasteiger partial charge in [0.1, 0.15) is 5.82 Å². The number of urea groups is 1. The van der Waals surface area contributed by atoms with E-state index in [1.54, 1.807) is 0 Å². The number of anilines is 1. The number of aliphatic carboxylic acids is 1. The quantitative estimate of drug-likeness (QED) is 0.619. The van der Waals surface area contributed by atoms with Crippen molar-refractivity contribution in [2.75, 3.05) is 50.7 Å². The summed E-state index contributed by atoms with van der Waals surface area (Å²) in [6.45, 7) is 6.07. The number of quaternary nitrogens is 1. The first-order valence-corrected chi connectivity index (χ1v) is 13.1. The first-order chi connectivity index (χ1) is 16.5. The second-order valence-electron chi connectivity index (χ2n) is 10.4. The molecule has 188 valence electrons. The number of carboxylic acid groups (broad SMARTS) is 1. The molecule has 0 unspecified atom stereocenters. The summed E-state index contributed by atoms with van der Waals surface area (Å²) >= 11 is 0. The maximum atomic E-state index is 13.2. The Morgan fingerprint density at radius 3 is 2.38 bits per heavy atom. The van der Waals surface area contributed by atoms with E-state index in [-0.39, 0.29) is 36.1 Å². The summed E-state index contributed by atoms with van der Waals surface area (Å²) in [4.78, 5) is 30.0. The minimum Gasteiger partial charge on any atom is -0.550 e. The average molecular weight is 475 g/mol.